The molecule has 0 atom stereocenters. The van der Waals surface area contributed by atoms with Crippen molar-refractivity contribution in [2.45, 2.75) is 52.6 Å². The molecule has 0 bridgehead atoms. The number of guanidine groups is 1. The Bertz CT molecular complexity index is 630. The van der Waals surface area contributed by atoms with Crippen molar-refractivity contribution in [1.29, 1.82) is 0 Å². The van der Waals surface area contributed by atoms with E-state index in [9.17, 15) is 0 Å². The molecule has 0 unspecified atom stereocenters. The number of imidazole rings is 1. The molecule has 0 aliphatic carbocycles. The standard InChI is InChI=1S/C17H28N6O.HI/c1-5-19-16(20-7-6-9-23-10-8-18-13-23)22-12-15-21-11-14(24-15)17(2,3)4;/h8,10-11,13H,5-7,9,12H2,1-4H3,(H2,19,20,22);1H. The Kier molecular flexibility index (Phi) is 8.95. The summed E-state index contributed by atoms with van der Waals surface area (Å²) in [6, 6.07) is 0. The van der Waals surface area contributed by atoms with Crippen molar-refractivity contribution in [2.75, 3.05) is 13.1 Å². The lowest BCUT2D eigenvalue weighted by molar-refractivity contribution is 0.383. The zero-order valence-corrected chi connectivity index (χ0v) is 17.8. The van der Waals surface area contributed by atoms with Crippen LogP contribution in [0.1, 0.15) is 45.8 Å². The SMILES string of the molecule is CCNC(=NCc1ncc(C(C)(C)C)o1)NCCCn1ccnc1.I. The largest absolute Gasteiger partial charge is 0.443 e. The van der Waals surface area contributed by atoms with Gasteiger partial charge in [0.1, 0.15) is 12.3 Å². The molecule has 0 aliphatic heterocycles. The van der Waals surface area contributed by atoms with Crippen LogP contribution in [0.25, 0.3) is 0 Å². The molecule has 8 heteroatoms. The first-order chi connectivity index (χ1) is 11.5. The van der Waals surface area contributed by atoms with Crippen LogP contribution < -0.4 is 10.6 Å². The second-order valence-electron chi connectivity index (χ2n) is 6.64. The van der Waals surface area contributed by atoms with Crippen molar-refractivity contribution in [3.63, 3.8) is 0 Å². The molecular weight excluding hydrogens is 431 g/mol. The van der Waals surface area contributed by atoms with E-state index in [4.69, 9.17) is 4.42 Å². The topological polar surface area (TPSA) is 80.3 Å². The Morgan fingerprint density at radius 2 is 2.12 bits per heavy atom. The summed E-state index contributed by atoms with van der Waals surface area (Å²) in [4.78, 5) is 12.9. The fourth-order valence-electron chi connectivity index (χ4n) is 2.11. The van der Waals surface area contributed by atoms with Crippen molar-refractivity contribution in [1.82, 2.24) is 25.2 Å². The Balaban J connectivity index is 0.00000312. The molecular formula is C17H29IN6O. The summed E-state index contributed by atoms with van der Waals surface area (Å²) in [5, 5.41) is 6.56. The van der Waals surface area contributed by atoms with Crippen LogP contribution in [-0.2, 0) is 18.5 Å². The number of hydrogen-bond acceptors (Lipinski definition) is 4. The van der Waals surface area contributed by atoms with Gasteiger partial charge in [0, 0.05) is 37.4 Å². The molecule has 2 rings (SSSR count). The van der Waals surface area contributed by atoms with E-state index < -0.39 is 0 Å². The molecule has 0 aromatic carbocycles. The third-order valence-electron chi connectivity index (χ3n) is 3.45. The Labute approximate surface area is 166 Å². The van der Waals surface area contributed by atoms with Crippen molar-refractivity contribution >= 4 is 29.9 Å². The van der Waals surface area contributed by atoms with E-state index >= 15 is 0 Å². The number of nitrogens with zero attached hydrogens (tertiary/aromatic N) is 4. The van der Waals surface area contributed by atoms with Gasteiger partial charge < -0.3 is 19.6 Å². The molecule has 25 heavy (non-hydrogen) atoms. The van der Waals surface area contributed by atoms with Gasteiger partial charge in [-0.2, -0.15) is 0 Å². The second kappa shape index (κ2) is 10.4. The quantitative estimate of drug-likeness (QED) is 0.288. The van der Waals surface area contributed by atoms with E-state index in [0.717, 1.165) is 37.8 Å². The van der Waals surface area contributed by atoms with Gasteiger partial charge in [-0.25, -0.2) is 15.0 Å². The van der Waals surface area contributed by atoms with Crippen LogP contribution in [0.3, 0.4) is 0 Å². The first-order valence-electron chi connectivity index (χ1n) is 8.42. The highest BCUT2D eigenvalue weighted by molar-refractivity contribution is 14.0. The summed E-state index contributed by atoms with van der Waals surface area (Å²) in [5.41, 5.74) is -0.0367. The molecule has 0 aliphatic rings. The van der Waals surface area contributed by atoms with Gasteiger partial charge in [-0.05, 0) is 13.3 Å². The van der Waals surface area contributed by atoms with Gasteiger partial charge in [-0.15, -0.1) is 24.0 Å². The summed E-state index contributed by atoms with van der Waals surface area (Å²) in [7, 11) is 0. The predicted octanol–water partition coefficient (Wildman–Crippen LogP) is 2.93. The van der Waals surface area contributed by atoms with Crippen LogP contribution in [0.2, 0.25) is 0 Å². The lowest BCUT2D eigenvalue weighted by atomic mass is 9.94. The average Bonchev–Trinajstić information content (AvgIpc) is 3.19. The number of hydrogen-bond donors (Lipinski definition) is 2. The molecule has 7 nitrogen and oxygen atoms in total. The van der Waals surface area contributed by atoms with Crippen LogP contribution in [-0.4, -0.2) is 33.6 Å². The molecule has 0 fully saturated rings. The van der Waals surface area contributed by atoms with E-state index in [1.807, 2.05) is 19.4 Å². The zero-order valence-electron chi connectivity index (χ0n) is 15.5. The van der Waals surface area contributed by atoms with Crippen molar-refractivity contribution in [3.05, 3.63) is 36.6 Å². The number of aryl methyl sites for hydroxylation is 1. The minimum absolute atomic E-state index is 0. The van der Waals surface area contributed by atoms with Gasteiger partial charge in [0.2, 0.25) is 5.89 Å². The molecule has 2 N–H and O–H groups in total. The van der Waals surface area contributed by atoms with Crippen molar-refractivity contribution in [3.8, 4) is 0 Å². The van der Waals surface area contributed by atoms with Gasteiger partial charge in [0.25, 0.3) is 0 Å². The van der Waals surface area contributed by atoms with Crippen molar-refractivity contribution in [2.24, 2.45) is 4.99 Å². The summed E-state index contributed by atoms with van der Waals surface area (Å²) in [6.45, 7) is 11.4. The number of rotatable bonds is 7. The van der Waals surface area contributed by atoms with E-state index in [2.05, 4.69) is 50.9 Å². The number of nitrogens with one attached hydrogen (secondary N) is 2. The normalized spacial score (nSPS) is 11.9. The zero-order chi connectivity index (χ0) is 17.4. The molecule has 0 saturated carbocycles. The lowest BCUT2D eigenvalue weighted by Gasteiger charge is -2.13. The van der Waals surface area contributed by atoms with Gasteiger partial charge in [-0.1, -0.05) is 20.8 Å². The van der Waals surface area contributed by atoms with Gasteiger partial charge in [0.05, 0.1) is 12.5 Å². The highest BCUT2D eigenvalue weighted by Gasteiger charge is 2.18. The average molecular weight is 460 g/mol. The molecule has 0 radical (unpaired) electrons. The minimum atomic E-state index is -0.0367. The number of oxazole rings is 1. The van der Waals surface area contributed by atoms with Gasteiger partial charge >= 0.3 is 0 Å². The Morgan fingerprint density at radius 1 is 1.32 bits per heavy atom. The van der Waals surface area contributed by atoms with Crippen molar-refractivity contribution < 1.29 is 4.42 Å². The third-order valence-corrected chi connectivity index (χ3v) is 3.45. The minimum Gasteiger partial charge on any atom is -0.443 e. The van der Waals surface area contributed by atoms with Crippen LogP contribution in [0.5, 0.6) is 0 Å². The summed E-state index contributed by atoms with van der Waals surface area (Å²) >= 11 is 0. The van der Waals surface area contributed by atoms with Crippen LogP contribution in [0, 0.1) is 0 Å². The van der Waals surface area contributed by atoms with Crippen LogP contribution in [0.15, 0.2) is 34.3 Å². The number of aliphatic imine (C=N–C) groups is 1. The highest BCUT2D eigenvalue weighted by Crippen LogP contribution is 2.22. The molecule has 0 saturated heterocycles. The monoisotopic (exact) mass is 460 g/mol. The maximum atomic E-state index is 5.77. The lowest BCUT2D eigenvalue weighted by Crippen LogP contribution is -2.38. The molecule has 2 aromatic rings. The van der Waals surface area contributed by atoms with Crippen LogP contribution >= 0.6 is 24.0 Å². The second-order valence-corrected chi connectivity index (χ2v) is 6.64. The molecule has 0 amide bonds. The molecule has 2 aromatic heterocycles. The highest BCUT2D eigenvalue weighted by atomic mass is 127. The summed E-state index contributed by atoms with van der Waals surface area (Å²) < 4.78 is 7.83. The maximum Gasteiger partial charge on any atom is 0.216 e. The summed E-state index contributed by atoms with van der Waals surface area (Å²) in [5.74, 6) is 2.29. The smallest absolute Gasteiger partial charge is 0.216 e. The summed E-state index contributed by atoms with van der Waals surface area (Å²) in [6.07, 6.45) is 8.37. The van der Waals surface area contributed by atoms with E-state index in [1.165, 1.54) is 0 Å². The fourth-order valence-corrected chi connectivity index (χ4v) is 2.11. The van der Waals surface area contributed by atoms with Gasteiger partial charge in [-0.3, -0.25) is 0 Å². The predicted molar refractivity (Wildman–Crippen MR) is 110 cm³/mol. The third kappa shape index (κ3) is 7.45. The number of halogens is 1. The molecule has 140 valence electrons. The Hall–Kier alpha value is -1.58. The first kappa shape index (κ1) is 21.5. The maximum absolute atomic E-state index is 5.77. The first-order valence-corrected chi connectivity index (χ1v) is 8.42. The molecule has 2 heterocycles. The van der Waals surface area contributed by atoms with E-state index in [-0.39, 0.29) is 29.4 Å². The Morgan fingerprint density at radius 3 is 2.72 bits per heavy atom. The van der Waals surface area contributed by atoms with E-state index in [1.54, 1.807) is 12.4 Å². The van der Waals surface area contributed by atoms with Crippen LogP contribution in [0.4, 0.5) is 0 Å². The number of aromatic nitrogens is 3. The van der Waals surface area contributed by atoms with Gasteiger partial charge in [0.15, 0.2) is 5.96 Å². The van der Waals surface area contributed by atoms with E-state index in [0.29, 0.717) is 12.4 Å². The molecule has 0 spiro atoms. The fraction of sp³-hybridized carbons (Fsp3) is 0.588.